The Morgan fingerprint density at radius 2 is 1.81 bits per heavy atom. The number of para-hydroxylation sites is 1. The van der Waals surface area contributed by atoms with Gasteiger partial charge in [0.25, 0.3) is 5.91 Å². The zero-order valence-electron chi connectivity index (χ0n) is 17.1. The van der Waals surface area contributed by atoms with Gasteiger partial charge in [0.15, 0.2) is 11.7 Å². The van der Waals surface area contributed by atoms with E-state index in [1.54, 1.807) is 18.2 Å². The van der Waals surface area contributed by atoms with Gasteiger partial charge in [-0.2, -0.15) is 0 Å². The molecule has 0 spiro atoms. The van der Waals surface area contributed by atoms with Gasteiger partial charge in [-0.15, -0.1) is 0 Å². The largest absolute Gasteiger partial charge is 0.452 e. The molecule has 8 heteroatoms. The third-order valence-electron chi connectivity index (χ3n) is 4.92. The molecule has 158 valence electrons. The molecule has 7 nitrogen and oxygen atoms in total. The Bertz CT molecular complexity index is 1420. The number of thiazole rings is 1. The van der Waals surface area contributed by atoms with Gasteiger partial charge in [-0.05, 0) is 37.3 Å². The summed E-state index contributed by atoms with van der Waals surface area (Å²) in [6.07, 6.45) is 0. The van der Waals surface area contributed by atoms with Crippen LogP contribution in [-0.2, 0) is 9.53 Å². The molecule has 0 unspecified atom stereocenters. The van der Waals surface area contributed by atoms with Gasteiger partial charge in [0.1, 0.15) is 5.82 Å². The van der Waals surface area contributed by atoms with E-state index in [0.29, 0.717) is 16.2 Å². The lowest BCUT2D eigenvalue weighted by Gasteiger charge is -2.04. The fraction of sp³-hybridized carbons (Fsp3) is 0.0833. The number of H-pyrrole nitrogens is 1. The number of benzene rings is 3. The molecular weight excluding hydrogens is 424 g/mol. The number of nitrogens with zero attached hydrogens (tertiary/aromatic N) is 2. The second kappa shape index (κ2) is 8.24. The minimum Gasteiger partial charge on any atom is -0.452 e. The number of ether oxygens (including phenoxy) is 1. The Hall–Kier alpha value is -4.04. The normalized spacial score (nSPS) is 11.0. The Morgan fingerprint density at radius 1 is 1.00 bits per heavy atom. The highest BCUT2D eigenvalue weighted by molar-refractivity contribution is 7.22. The van der Waals surface area contributed by atoms with Crippen molar-refractivity contribution in [3.8, 4) is 11.4 Å². The number of rotatable bonds is 5. The van der Waals surface area contributed by atoms with Crippen LogP contribution in [0.1, 0.15) is 15.9 Å². The number of amides is 1. The minimum atomic E-state index is -0.585. The average molecular weight is 443 g/mol. The number of hydrogen-bond donors (Lipinski definition) is 2. The van der Waals surface area contributed by atoms with Gasteiger partial charge in [-0.25, -0.2) is 14.8 Å². The van der Waals surface area contributed by atoms with Crippen molar-refractivity contribution < 1.29 is 14.3 Å². The minimum absolute atomic E-state index is 0.337. The number of carbonyl (C=O) groups is 2. The molecule has 2 heterocycles. The third-order valence-corrected chi connectivity index (χ3v) is 5.87. The van der Waals surface area contributed by atoms with Crippen molar-refractivity contribution in [1.82, 2.24) is 15.0 Å². The molecule has 0 bridgehead atoms. The number of imidazole rings is 1. The van der Waals surface area contributed by atoms with Gasteiger partial charge < -0.3 is 9.72 Å². The summed E-state index contributed by atoms with van der Waals surface area (Å²) in [5.41, 5.74) is 4.73. The number of anilines is 1. The van der Waals surface area contributed by atoms with Crippen LogP contribution < -0.4 is 5.32 Å². The molecule has 0 aliphatic rings. The Morgan fingerprint density at radius 3 is 2.62 bits per heavy atom. The number of esters is 1. The van der Waals surface area contributed by atoms with Crippen LogP contribution in [0.3, 0.4) is 0 Å². The van der Waals surface area contributed by atoms with E-state index >= 15 is 0 Å². The van der Waals surface area contributed by atoms with Gasteiger partial charge in [0.2, 0.25) is 0 Å². The maximum atomic E-state index is 12.5. The van der Waals surface area contributed by atoms with Crippen molar-refractivity contribution in [2.24, 2.45) is 0 Å². The summed E-state index contributed by atoms with van der Waals surface area (Å²) >= 11 is 1.36. The molecule has 5 rings (SSSR count). The van der Waals surface area contributed by atoms with Crippen LogP contribution in [0.4, 0.5) is 5.13 Å². The van der Waals surface area contributed by atoms with E-state index in [-0.39, 0.29) is 0 Å². The molecule has 0 radical (unpaired) electrons. The topological polar surface area (TPSA) is 97.0 Å². The summed E-state index contributed by atoms with van der Waals surface area (Å²) in [4.78, 5) is 36.8. The lowest BCUT2D eigenvalue weighted by atomic mass is 10.1. The van der Waals surface area contributed by atoms with Gasteiger partial charge in [-0.3, -0.25) is 10.1 Å². The maximum Gasteiger partial charge on any atom is 0.338 e. The van der Waals surface area contributed by atoms with E-state index in [4.69, 9.17) is 4.74 Å². The van der Waals surface area contributed by atoms with E-state index in [0.717, 1.165) is 27.1 Å². The highest BCUT2D eigenvalue weighted by atomic mass is 32.1. The smallest absolute Gasteiger partial charge is 0.338 e. The molecular formula is C24H18N4O3S. The lowest BCUT2D eigenvalue weighted by Crippen LogP contribution is -2.20. The number of fused-ring (bicyclic) bond motifs is 2. The number of carbonyl (C=O) groups excluding carboxylic acids is 2. The van der Waals surface area contributed by atoms with Crippen molar-refractivity contribution in [1.29, 1.82) is 0 Å². The van der Waals surface area contributed by atoms with Crippen LogP contribution in [0.25, 0.3) is 32.6 Å². The van der Waals surface area contributed by atoms with Crippen molar-refractivity contribution >= 4 is 49.6 Å². The first-order chi connectivity index (χ1) is 15.5. The third kappa shape index (κ3) is 4.08. The van der Waals surface area contributed by atoms with Crippen molar-refractivity contribution in [3.63, 3.8) is 0 Å². The molecule has 32 heavy (non-hydrogen) atoms. The molecule has 2 N–H and O–H groups in total. The standard InChI is InChI=1S/C24H18N4O3S/c1-14-6-8-15(9-7-14)22-25-17-11-10-16(12-19(17)26-22)23(30)31-13-21(29)28-24-27-18-4-2-3-5-20(18)32-24/h2-12H,13H2,1H3,(H,25,26)(H,27,28,29). The molecule has 1 amide bonds. The van der Waals surface area contributed by atoms with Crippen molar-refractivity contribution in [3.05, 3.63) is 77.9 Å². The van der Waals surface area contributed by atoms with Crippen molar-refractivity contribution in [2.45, 2.75) is 6.92 Å². The number of aromatic nitrogens is 3. The van der Waals surface area contributed by atoms with E-state index in [1.165, 1.54) is 16.9 Å². The Labute approximate surface area is 187 Å². The van der Waals surface area contributed by atoms with Gasteiger partial charge in [-0.1, -0.05) is 53.3 Å². The molecule has 0 aliphatic carbocycles. The van der Waals surface area contributed by atoms with Gasteiger partial charge in [0, 0.05) is 5.56 Å². The fourth-order valence-corrected chi connectivity index (χ4v) is 4.16. The Balaban J connectivity index is 1.25. The summed E-state index contributed by atoms with van der Waals surface area (Å²) in [5.74, 6) is -0.305. The first kappa shape index (κ1) is 19.9. The predicted molar refractivity (Wildman–Crippen MR) is 125 cm³/mol. The monoisotopic (exact) mass is 442 g/mol. The number of aryl methyl sites for hydroxylation is 1. The summed E-state index contributed by atoms with van der Waals surface area (Å²) in [6.45, 7) is 1.63. The zero-order valence-corrected chi connectivity index (χ0v) is 17.9. The summed E-state index contributed by atoms with van der Waals surface area (Å²) in [5, 5.41) is 3.14. The van der Waals surface area contributed by atoms with Crippen molar-refractivity contribution in [2.75, 3.05) is 11.9 Å². The first-order valence-electron chi connectivity index (χ1n) is 9.94. The van der Waals surface area contributed by atoms with Crippen LogP contribution in [0.2, 0.25) is 0 Å². The molecule has 0 aliphatic heterocycles. The van der Waals surface area contributed by atoms with Crippen LogP contribution in [0.15, 0.2) is 66.7 Å². The number of aromatic amines is 1. The highest BCUT2D eigenvalue weighted by Gasteiger charge is 2.14. The van der Waals surface area contributed by atoms with Crippen LogP contribution in [0.5, 0.6) is 0 Å². The van der Waals surface area contributed by atoms with Crippen LogP contribution in [-0.4, -0.2) is 33.4 Å². The fourth-order valence-electron chi connectivity index (χ4n) is 3.28. The molecule has 0 atom stereocenters. The van der Waals surface area contributed by atoms with E-state index in [1.807, 2.05) is 55.5 Å². The van der Waals surface area contributed by atoms with Gasteiger partial charge >= 0.3 is 5.97 Å². The summed E-state index contributed by atoms with van der Waals surface area (Å²) in [6, 6.07) is 20.7. The van der Waals surface area contributed by atoms with Crippen LogP contribution >= 0.6 is 11.3 Å². The molecule has 0 saturated heterocycles. The lowest BCUT2D eigenvalue weighted by molar-refractivity contribution is -0.119. The Kier molecular flexibility index (Phi) is 5.12. The zero-order chi connectivity index (χ0) is 22.1. The first-order valence-corrected chi connectivity index (χ1v) is 10.8. The predicted octanol–water partition coefficient (Wildman–Crippen LogP) is 4.94. The van der Waals surface area contributed by atoms with Gasteiger partial charge in [0.05, 0.1) is 26.8 Å². The molecule has 0 fully saturated rings. The van der Waals surface area contributed by atoms with E-state index < -0.39 is 18.5 Å². The van der Waals surface area contributed by atoms with E-state index in [2.05, 4.69) is 20.3 Å². The molecule has 5 aromatic rings. The summed E-state index contributed by atoms with van der Waals surface area (Å²) in [7, 11) is 0. The maximum absolute atomic E-state index is 12.5. The molecule has 3 aromatic carbocycles. The summed E-state index contributed by atoms with van der Waals surface area (Å²) < 4.78 is 6.15. The van der Waals surface area contributed by atoms with E-state index in [9.17, 15) is 9.59 Å². The number of hydrogen-bond acceptors (Lipinski definition) is 6. The highest BCUT2D eigenvalue weighted by Crippen LogP contribution is 2.25. The second-order valence-corrected chi connectivity index (χ2v) is 8.33. The van der Waals surface area contributed by atoms with Crippen LogP contribution in [0, 0.1) is 6.92 Å². The number of nitrogens with one attached hydrogen (secondary N) is 2. The SMILES string of the molecule is Cc1ccc(-c2nc3ccc(C(=O)OCC(=O)Nc4nc5ccccc5s4)cc3[nH]2)cc1. The molecule has 2 aromatic heterocycles. The average Bonchev–Trinajstić information content (AvgIpc) is 3.40. The quantitative estimate of drug-likeness (QED) is 0.376. The molecule has 0 saturated carbocycles. The second-order valence-electron chi connectivity index (χ2n) is 7.29.